The van der Waals surface area contributed by atoms with Gasteiger partial charge in [0.15, 0.2) is 0 Å². The van der Waals surface area contributed by atoms with E-state index in [2.05, 4.69) is 38.3 Å². The van der Waals surface area contributed by atoms with Crippen LogP contribution in [0.15, 0.2) is 71.9 Å². The SMILES string of the molecule is C=C\C=C/C(C(=C)C)=C1\C=CC(N)C\C1=C\C. The van der Waals surface area contributed by atoms with Crippen LogP contribution in [0.25, 0.3) is 0 Å². The molecule has 90 valence electrons. The van der Waals surface area contributed by atoms with Crippen molar-refractivity contribution in [2.24, 2.45) is 5.73 Å². The number of hydrogen-bond acceptors (Lipinski definition) is 1. The molecule has 0 saturated heterocycles. The molecule has 0 fully saturated rings. The van der Waals surface area contributed by atoms with E-state index in [9.17, 15) is 0 Å². The molecule has 0 saturated carbocycles. The van der Waals surface area contributed by atoms with Gasteiger partial charge in [-0.05, 0) is 37.0 Å². The highest BCUT2D eigenvalue weighted by Crippen LogP contribution is 2.29. The number of hydrogen-bond donors (Lipinski definition) is 1. The van der Waals surface area contributed by atoms with Gasteiger partial charge in [0, 0.05) is 6.04 Å². The first-order valence-electron chi connectivity index (χ1n) is 5.88. The standard InChI is InChI=1S/C16H21N/c1-5-7-8-15(12(3)4)16-10-9-14(17)11-13(16)6-2/h5-10,14H,1,3,11,17H2,2,4H3/b8-7-,13-6-,16-15-. The molecule has 17 heavy (non-hydrogen) atoms. The summed E-state index contributed by atoms with van der Waals surface area (Å²) in [5.41, 5.74) is 10.6. The summed E-state index contributed by atoms with van der Waals surface area (Å²) in [7, 11) is 0. The molecule has 1 aliphatic rings. The monoisotopic (exact) mass is 227 g/mol. The molecule has 0 radical (unpaired) electrons. The Bertz CT molecular complexity index is 430. The van der Waals surface area contributed by atoms with Gasteiger partial charge in [-0.15, -0.1) is 0 Å². The van der Waals surface area contributed by atoms with Crippen LogP contribution in [0.4, 0.5) is 0 Å². The van der Waals surface area contributed by atoms with Crippen molar-refractivity contribution in [3.8, 4) is 0 Å². The molecular weight excluding hydrogens is 206 g/mol. The molecule has 0 aromatic carbocycles. The summed E-state index contributed by atoms with van der Waals surface area (Å²) >= 11 is 0. The smallest absolute Gasteiger partial charge is 0.0268 e. The average Bonchev–Trinajstić information content (AvgIpc) is 2.30. The van der Waals surface area contributed by atoms with Gasteiger partial charge in [-0.2, -0.15) is 0 Å². The van der Waals surface area contributed by atoms with Crippen LogP contribution in [-0.2, 0) is 0 Å². The average molecular weight is 227 g/mol. The van der Waals surface area contributed by atoms with Crippen LogP contribution in [0.5, 0.6) is 0 Å². The lowest BCUT2D eigenvalue weighted by atomic mass is 9.87. The van der Waals surface area contributed by atoms with Crippen LogP contribution in [0.3, 0.4) is 0 Å². The highest BCUT2D eigenvalue weighted by atomic mass is 14.6. The molecule has 1 nitrogen and oxygen atoms in total. The topological polar surface area (TPSA) is 26.0 Å². The van der Waals surface area contributed by atoms with Gasteiger partial charge in [-0.25, -0.2) is 0 Å². The molecule has 0 aromatic rings. The van der Waals surface area contributed by atoms with E-state index in [1.807, 2.05) is 19.1 Å². The zero-order valence-electron chi connectivity index (χ0n) is 10.7. The summed E-state index contributed by atoms with van der Waals surface area (Å²) < 4.78 is 0. The fraction of sp³-hybridized carbons (Fsp3) is 0.250. The largest absolute Gasteiger partial charge is 0.324 e. The fourth-order valence-corrected chi connectivity index (χ4v) is 1.92. The molecule has 0 heterocycles. The maximum atomic E-state index is 5.93. The van der Waals surface area contributed by atoms with Gasteiger partial charge in [-0.3, -0.25) is 0 Å². The van der Waals surface area contributed by atoms with Gasteiger partial charge in [-0.1, -0.05) is 55.2 Å². The maximum Gasteiger partial charge on any atom is 0.0268 e. The van der Waals surface area contributed by atoms with E-state index in [0.29, 0.717) is 0 Å². The van der Waals surface area contributed by atoms with Crippen molar-refractivity contribution >= 4 is 0 Å². The van der Waals surface area contributed by atoms with Gasteiger partial charge in [0.25, 0.3) is 0 Å². The first kappa shape index (κ1) is 13.5. The first-order chi connectivity index (χ1) is 8.10. The van der Waals surface area contributed by atoms with E-state index in [1.54, 1.807) is 6.08 Å². The highest BCUT2D eigenvalue weighted by molar-refractivity contribution is 5.56. The molecule has 0 amide bonds. The summed E-state index contributed by atoms with van der Waals surface area (Å²) in [6.07, 6.45) is 12.9. The number of allylic oxidation sites excluding steroid dienone is 8. The second-order valence-corrected chi connectivity index (χ2v) is 4.24. The second kappa shape index (κ2) is 6.21. The molecular formula is C16H21N. The van der Waals surface area contributed by atoms with E-state index in [4.69, 9.17) is 5.73 Å². The molecule has 1 heteroatoms. The predicted molar refractivity (Wildman–Crippen MR) is 76.7 cm³/mol. The van der Waals surface area contributed by atoms with Crippen molar-refractivity contribution in [2.75, 3.05) is 0 Å². The summed E-state index contributed by atoms with van der Waals surface area (Å²) in [5, 5.41) is 0. The van der Waals surface area contributed by atoms with Gasteiger partial charge in [0.05, 0.1) is 0 Å². The Balaban J connectivity index is 3.30. The van der Waals surface area contributed by atoms with Crippen LogP contribution < -0.4 is 5.73 Å². The highest BCUT2D eigenvalue weighted by Gasteiger charge is 2.14. The minimum absolute atomic E-state index is 0.125. The summed E-state index contributed by atoms with van der Waals surface area (Å²) in [5.74, 6) is 0. The summed E-state index contributed by atoms with van der Waals surface area (Å²) in [6.45, 7) is 11.8. The Labute approximate surface area is 104 Å². The van der Waals surface area contributed by atoms with E-state index in [1.165, 1.54) is 11.1 Å². The minimum atomic E-state index is 0.125. The summed E-state index contributed by atoms with van der Waals surface area (Å²) in [6, 6.07) is 0.125. The first-order valence-corrected chi connectivity index (χ1v) is 5.88. The molecule has 0 bridgehead atoms. The predicted octanol–water partition coefficient (Wildman–Crippen LogP) is 3.83. The minimum Gasteiger partial charge on any atom is -0.324 e. The van der Waals surface area contributed by atoms with Gasteiger partial charge < -0.3 is 5.73 Å². The van der Waals surface area contributed by atoms with Crippen molar-refractivity contribution < 1.29 is 0 Å². The van der Waals surface area contributed by atoms with E-state index in [0.717, 1.165) is 17.6 Å². The Morgan fingerprint density at radius 1 is 1.53 bits per heavy atom. The summed E-state index contributed by atoms with van der Waals surface area (Å²) in [4.78, 5) is 0. The quantitative estimate of drug-likeness (QED) is 0.728. The van der Waals surface area contributed by atoms with E-state index in [-0.39, 0.29) is 6.04 Å². The van der Waals surface area contributed by atoms with Crippen LogP contribution in [0, 0.1) is 0 Å². The van der Waals surface area contributed by atoms with Crippen LogP contribution >= 0.6 is 0 Å². The lowest BCUT2D eigenvalue weighted by Gasteiger charge is -2.20. The Kier molecular flexibility index (Phi) is 4.92. The fourth-order valence-electron chi connectivity index (χ4n) is 1.92. The normalized spacial score (nSPS) is 25.4. The third-order valence-electron chi connectivity index (χ3n) is 2.81. The third-order valence-corrected chi connectivity index (χ3v) is 2.81. The zero-order chi connectivity index (χ0) is 12.8. The lowest BCUT2D eigenvalue weighted by Crippen LogP contribution is -2.21. The molecule has 1 rings (SSSR count). The number of nitrogens with two attached hydrogens (primary N) is 1. The van der Waals surface area contributed by atoms with Crippen molar-refractivity contribution in [3.05, 3.63) is 71.9 Å². The molecule has 1 atom stereocenters. The third kappa shape index (κ3) is 3.43. The lowest BCUT2D eigenvalue weighted by molar-refractivity contribution is 0.790. The van der Waals surface area contributed by atoms with Crippen molar-refractivity contribution in [2.45, 2.75) is 26.3 Å². The molecule has 1 unspecified atom stereocenters. The van der Waals surface area contributed by atoms with Crippen molar-refractivity contribution in [1.29, 1.82) is 0 Å². The Morgan fingerprint density at radius 3 is 2.76 bits per heavy atom. The van der Waals surface area contributed by atoms with Crippen LogP contribution in [0.2, 0.25) is 0 Å². The van der Waals surface area contributed by atoms with Crippen LogP contribution in [-0.4, -0.2) is 6.04 Å². The molecule has 0 spiro atoms. The van der Waals surface area contributed by atoms with E-state index < -0.39 is 0 Å². The molecule has 0 aromatic heterocycles. The maximum absolute atomic E-state index is 5.93. The van der Waals surface area contributed by atoms with Gasteiger partial charge in [0.1, 0.15) is 0 Å². The Hall–Kier alpha value is -1.60. The van der Waals surface area contributed by atoms with Crippen molar-refractivity contribution in [1.82, 2.24) is 0 Å². The Morgan fingerprint density at radius 2 is 2.24 bits per heavy atom. The second-order valence-electron chi connectivity index (χ2n) is 4.24. The molecule has 2 N–H and O–H groups in total. The van der Waals surface area contributed by atoms with Crippen LogP contribution in [0.1, 0.15) is 20.3 Å². The molecule has 0 aliphatic heterocycles. The number of rotatable bonds is 3. The zero-order valence-corrected chi connectivity index (χ0v) is 10.7. The van der Waals surface area contributed by atoms with Gasteiger partial charge >= 0.3 is 0 Å². The van der Waals surface area contributed by atoms with Gasteiger partial charge in [0.2, 0.25) is 0 Å². The van der Waals surface area contributed by atoms with Crippen molar-refractivity contribution in [3.63, 3.8) is 0 Å². The molecule has 1 aliphatic carbocycles. The van der Waals surface area contributed by atoms with E-state index >= 15 is 0 Å².